The van der Waals surface area contributed by atoms with Gasteiger partial charge in [-0.15, -0.1) is 0 Å². The molecule has 116 valence electrons. The Morgan fingerprint density at radius 1 is 1.43 bits per heavy atom. The molecule has 2 N–H and O–H groups in total. The summed E-state index contributed by atoms with van der Waals surface area (Å²) in [4.78, 5) is 25.6. The van der Waals surface area contributed by atoms with Gasteiger partial charge in [0.2, 0.25) is 5.95 Å². The van der Waals surface area contributed by atoms with E-state index >= 15 is 0 Å². The normalized spacial score (nSPS) is 12.7. The van der Waals surface area contributed by atoms with Crippen molar-refractivity contribution in [1.82, 2.24) is 10.3 Å². The maximum absolute atomic E-state index is 13.3. The Bertz CT molecular complexity index is 663. The molecule has 0 aromatic carbocycles. The molecule has 1 amide bonds. The fourth-order valence-electron chi connectivity index (χ4n) is 1.42. The molecule has 10 heteroatoms. The Labute approximate surface area is 118 Å². The van der Waals surface area contributed by atoms with Crippen LogP contribution in [0.2, 0.25) is 0 Å². The van der Waals surface area contributed by atoms with Crippen LogP contribution in [-0.2, 0) is 14.6 Å². The van der Waals surface area contributed by atoms with Crippen molar-refractivity contribution in [3.05, 3.63) is 29.6 Å². The monoisotopic (exact) mass is 322 g/mol. The predicted molar refractivity (Wildman–Crippen MR) is 67.4 cm³/mol. The third-order valence-electron chi connectivity index (χ3n) is 2.47. The van der Waals surface area contributed by atoms with Gasteiger partial charge in [0.15, 0.2) is 5.82 Å². The van der Waals surface area contributed by atoms with Crippen LogP contribution in [0.25, 0.3) is 0 Å². The average Bonchev–Trinajstić information content (AvgIpc) is 2.36. The average molecular weight is 322 g/mol. The minimum Gasteiger partial charge on any atom is -0.480 e. The van der Waals surface area contributed by atoms with Crippen LogP contribution >= 0.6 is 0 Å². The molecule has 0 saturated heterocycles. The summed E-state index contributed by atoms with van der Waals surface area (Å²) in [5, 5.41) is 10.8. The Hall–Kier alpha value is -2.10. The van der Waals surface area contributed by atoms with Gasteiger partial charge in [0, 0.05) is 12.5 Å². The first-order valence-electron chi connectivity index (χ1n) is 5.63. The quantitative estimate of drug-likeness (QED) is 0.712. The molecule has 1 aromatic rings. The van der Waals surface area contributed by atoms with Crippen LogP contribution in [0.3, 0.4) is 0 Å². The van der Waals surface area contributed by atoms with Crippen molar-refractivity contribution in [2.45, 2.75) is 12.5 Å². The number of sulfone groups is 1. The van der Waals surface area contributed by atoms with Gasteiger partial charge in [0.25, 0.3) is 5.91 Å². The number of carbonyl (C=O) groups is 2. The molecule has 1 unspecified atom stereocenters. The number of amides is 1. The number of hydrogen-bond donors (Lipinski definition) is 2. The number of nitrogens with one attached hydrogen (secondary N) is 1. The molecule has 1 atom stereocenters. The minimum atomic E-state index is -3.43. The molecule has 0 aliphatic rings. The van der Waals surface area contributed by atoms with E-state index in [1.165, 1.54) is 0 Å². The number of aliphatic carboxylic acids is 1. The summed E-state index contributed by atoms with van der Waals surface area (Å²) in [7, 11) is -3.43. The lowest BCUT2D eigenvalue weighted by Gasteiger charge is -2.14. The number of pyridine rings is 1. The molecular formula is C11H12F2N2O5S. The lowest BCUT2D eigenvalue weighted by Crippen LogP contribution is -2.42. The van der Waals surface area contributed by atoms with Crippen LogP contribution in [0.4, 0.5) is 8.78 Å². The third-order valence-corrected chi connectivity index (χ3v) is 3.45. The standard InChI is InChI=1S/C11H12F2N2O5S/c1-21(19,20)5-3-7(11(17)18)15-10(16)6-2-4-14-9(13)8(6)12/h2,4,7H,3,5H2,1H3,(H,15,16)(H,17,18). The molecule has 1 rings (SSSR count). The van der Waals surface area contributed by atoms with Crippen molar-refractivity contribution < 1.29 is 31.9 Å². The first kappa shape index (κ1) is 17.0. The Balaban J connectivity index is 2.86. The van der Waals surface area contributed by atoms with Crippen LogP contribution in [-0.4, -0.2) is 48.4 Å². The predicted octanol–water partition coefficient (Wildman–Crippen LogP) is -0.0225. The van der Waals surface area contributed by atoms with E-state index in [0.29, 0.717) is 0 Å². The Morgan fingerprint density at radius 2 is 2.05 bits per heavy atom. The second-order valence-corrected chi connectivity index (χ2v) is 6.51. The lowest BCUT2D eigenvalue weighted by atomic mass is 10.2. The highest BCUT2D eigenvalue weighted by atomic mass is 32.2. The van der Waals surface area contributed by atoms with Crippen LogP contribution < -0.4 is 5.32 Å². The highest BCUT2D eigenvalue weighted by molar-refractivity contribution is 7.90. The van der Waals surface area contributed by atoms with Crippen molar-refractivity contribution in [1.29, 1.82) is 0 Å². The van der Waals surface area contributed by atoms with E-state index in [-0.39, 0.29) is 0 Å². The molecule has 7 nitrogen and oxygen atoms in total. The molecule has 0 bridgehead atoms. The van der Waals surface area contributed by atoms with Gasteiger partial charge in [-0.1, -0.05) is 0 Å². The molecule has 0 saturated carbocycles. The van der Waals surface area contributed by atoms with Gasteiger partial charge in [0.05, 0.1) is 11.3 Å². The van der Waals surface area contributed by atoms with E-state index in [0.717, 1.165) is 18.5 Å². The molecule has 0 spiro atoms. The molecular weight excluding hydrogens is 310 g/mol. The number of carboxylic acid groups (broad SMARTS) is 1. The van der Waals surface area contributed by atoms with Gasteiger partial charge >= 0.3 is 5.97 Å². The molecule has 0 aliphatic carbocycles. The van der Waals surface area contributed by atoms with Gasteiger partial charge in [-0.2, -0.15) is 4.39 Å². The van der Waals surface area contributed by atoms with Crippen molar-refractivity contribution >= 4 is 21.7 Å². The molecule has 0 radical (unpaired) electrons. The first-order valence-corrected chi connectivity index (χ1v) is 7.69. The summed E-state index contributed by atoms with van der Waals surface area (Å²) in [6, 6.07) is -0.661. The Kier molecular flexibility index (Phi) is 5.30. The zero-order valence-corrected chi connectivity index (χ0v) is 11.7. The van der Waals surface area contributed by atoms with Gasteiger partial charge in [-0.25, -0.2) is 22.6 Å². The van der Waals surface area contributed by atoms with Gasteiger partial charge < -0.3 is 10.4 Å². The number of halogens is 2. The first-order chi connectivity index (χ1) is 9.61. The SMILES string of the molecule is CS(=O)(=O)CCC(NC(=O)c1ccnc(F)c1F)C(=O)O. The second-order valence-electron chi connectivity index (χ2n) is 4.25. The number of carboxylic acids is 1. The van der Waals surface area contributed by atoms with Crippen LogP contribution in [0.5, 0.6) is 0 Å². The van der Waals surface area contributed by atoms with E-state index in [1.807, 2.05) is 5.32 Å². The van der Waals surface area contributed by atoms with Crippen LogP contribution in [0, 0.1) is 11.8 Å². The van der Waals surface area contributed by atoms with Crippen molar-refractivity contribution in [2.75, 3.05) is 12.0 Å². The summed E-state index contributed by atoms with van der Waals surface area (Å²) >= 11 is 0. The van der Waals surface area contributed by atoms with E-state index in [9.17, 15) is 26.8 Å². The summed E-state index contributed by atoms with van der Waals surface area (Å²) in [6.45, 7) is 0. The van der Waals surface area contributed by atoms with E-state index < -0.39 is 57.3 Å². The van der Waals surface area contributed by atoms with E-state index in [2.05, 4.69) is 4.98 Å². The summed E-state index contributed by atoms with van der Waals surface area (Å²) < 4.78 is 48.2. The lowest BCUT2D eigenvalue weighted by molar-refractivity contribution is -0.139. The molecule has 21 heavy (non-hydrogen) atoms. The topological polar surface area (TPSA) is 113 Å². The molecule has 1 heterocycles. The zero-order valence-electron chi connectivity index (χ0n) is 10.8. The number of nitrogens with zero attached hydrogens (tertiary/aromatic N) is 1. The molecule has 0 fully saturated rings. The minimum absolute atomic E-state index is 0.394. The smallest absolute Gasteiger partial charge is 0.326 e. The summed E-state index contributed by atoms with van der Waals surface area (Å²) in [5.41, 5.74) is -0.715. The second kappa shape index (κ2) is 6.57. The van der Waals surface area contributed by atoms with Crippen LogP contribution in [0.1, 0.15) is 16.8 Å². The van der Waals surface area contributed by atoms with Gasteiger partial charge in [-0.3, -0.25) is 4.79 Å². The molecule has 1 aromatic heterocycles. The highest BCUT2D eigenvalue weighted by Crippen LogP contribution is 2.09. The van der Waals surface area contributed by atoms with E-state index in [4.69, 9.17) is 5.11 Å². The largest absolute Gasteiger partial charge is 0.480 e. The van der Waals surface area contributed by atoms with Crippen LogP contribution in [0.15, 0.2) is 12.3 Å². The maximum atomic E-state index is 13.3. The zero-order chi connectivity index (χ0) is 16.2. The number of carbonyl (C=O) groups excluding carboxylic acids is 1. The van der Waals surface area contributed by atoms with Crippen molar-refractivity contribution in [3.8, 4) is 0 Å². The van der Waals surface area contributed by atoms with Crippen molar-refractivity contribution in [3.63, 3.8) is 0 Å². The fraction of sp³-hybridized carbons (Fsp3) is 0.364. The maximum Gasteiger partial charge on any atom is 0.326 e. The summed E-state index contributed by atoms with van der Waals surface area (Å²) in [6.07, 6.45) is 1.36. The third kappa shape index (κ3) is 5.06. The fourth-order valence-corrected chi connectivity index (χ4v) is 2.08. The number of aromatic nitrogens is 1. The van der Waals surface area contributed by atoms with Crippen molar-refractivity contribution in [2.24, 2.45) is 0 Å². The number of rotatable bonds is 6. The summed E-state index contributed by atoms with van der Waals surface area (Å²) in [5.74, 6) is -6.14. The number of hydrogen-bond acceptors (Lipinski definition) is 5. The molecule has 0 aliphatic heterocycles. The Morgan fingerprint density at radius 3 is 2.57 bits per heavy atom. The van der Waals surface area contributed by atoms with Gasteiger partial charge in [-0.05, 0) is 12.5 Å². The van der Waals surface area contributed by atoms with E-state index in [1.54, 1.807) is 0 Å². The van der Waals surface area contributed by atoms with Gasteiger partial charge in [0.1, 0.15) is 15.9 Å². The highest BCUT2D eigenvalue weighted by Gasteiger charge is 2.24.